The maximum atomic E-state index is 4.81. The molecule has 2 unspecified atom stereocenters. The van der Waals surface area contributed by atoms with Gasteiger partial charge in [0.15, 0.2) is 5.17 Å². The largest absolute Gasteiger partial charge is 0.362 e. The Morgan fingerprint density at radius 3 is 2.93 bits per heavy atom. The summed E-state index contributed by atoms with van der Waals surface area (Å²) >= 11 is 1.88. The predicted molar refractivity (Wildman–Crippen MR) is 65.5 cm³/mol. The molecule has 1 aliphatic carbocycles. The van der Waals surface area contributed by atoms with E-state index in [0.29, 0.717) is 12.1 Å². The van der Waals surface area contributed by atoms with Gasteiger partial charge in [-0.3, -0.25) is 9.89 Å². The molecule has 4 heteroatoms. The summed E-state index contributed by atoms with van der Waals surface area (Å²) in [5.41, 5.74) is 0. The number of rotatable bonds is 2. The highest BCUT2D eigenvalue weighted by atomic mass is 32.2. The summed E-state index contributed by atoms with van der Waals surface area (Å²) in [6, 6.07) is 2.08. The van der Waals surface area contributed by atoms with E-state index in [0.717, 1.165) is 6.04 Å². The first-order valence-corrected chi connectivity index (χ1v) is 7.01. The first-order valence-electron chi connectivity index (χ1n) is 6.02. The van der Waals surface area contributed by atoms with Crippen molar-refractivity contribution in [2.24, 2.45) is 4.99 Å². The van der Waals surface area contributed by atoms with Gasteiger partial charge >= 0.3 is 0 Å². The Kier molecular flexibility index (Phi) is 2.64. The van der Waals surface area contributed by atoms with Gasteiger partial charge in [0.25, 0.3) is 0 Å². The lowest BCUT2D eigenvalue weighted by Gasteiger charge is -2.13. The number of thioether (sulfide) groups is 1. The average molecular weight is 225 g/mol. The Bertz CT molecular complexity index is 275. The van der Waals surface area contributed by atoms with Gasteiger partial charge in [0.2, 0.25) is 0 Å². The molecule has 84 valence electrons. The normalized spacial score (nSPS) is 39.9. The highest BCUT2D eigenvalue weighted by molar-refractivity contribution is 8.14. The lowest BCUT2D eigenvalue weighted by molar-refractivity contribution is 0.324. The highest BCUT2D eigenvalue weighted by Crippen LogP contribution is 2.30. The zero-order chi connectivity index (χ0) is 10.3. The molecule has 0 radical (unpaired) electrons. The van der Waals surface area contributed by atoms with Crippen molar-refractivity contribution >= 4 is 16.9 Å². The third-order valence-corrected chi connectivity index (χ3v) is 4.56. The SMILES string of the molecule is CC1CSC(=NC2CCN(C3CC3)C2)N1. The second-order valence-corrected chi connectivity index (χ2v) is 5.97. The van der Waals surface area contributed by atoms with E-state index in [9.17, 15) is 0 Å². The summed E-state index contributed by atoms with van der Waals surface area (Å²) in [5.74, 6) is 1.18. The van der Waals surface area contributed by atoms with Crippen molar-refractivity contribution < 1.29 is 0 Å². The number of aliphatic imine (C=N–C) groups is 1. The Morgan fingerprint density at radius 2 is 2.27 bits per heavy atom. The van der Waals surface area contributed by atoms with Crippen molar-refractivity contribution in [2.45, 2.75) is 44.3 Å². The van der Waals surface area contributed by atoms with Crippen LogP contribution < -0.4 is 5.32 Å². The van der Waals surface area contributed by atoms with Crippen LogP contribution in [0.3, 0.4) is 0 Å². The maximum absolute atomic E-state index is 4.81. The molecule has 3 fully saturated rings. The number of likely N-dealkylation sites (tertiary alicyclic amines) is 1. The highest BCUT2D eigenvalue weighted by Gasteiger charge is 2.34. The summed E-state index contributed by atoms with van der Waals surface area (Å²) < 4.78 is 0. The van der Waals surface area contributed by atoms with Gasteiger partial charge in [-0.05, 0) is 26.2 Å². The minimum Gasteiger partial charge on any atom is -0.362 e. The second-order valence-electron chi connectivity index (χ2n) is 4.96. The van der Waals surface area contributed by atoms with Crippen molar-refractivity contribution in [3.05, 3.63) is 0 Å². The predicted octanol–water partition coefficient (Wildman–Crippen LogP) is 1.30. The second kappa shape index (κ2) is 3.98. The molecule has 0 aromatic carbocycles. The summed E-state index contributed by atoms with van der Waals surface area (Å²) in [6.45, 7) is 4.69. The number of hydrogen-bond acceptors (Lipinski definition) is 3. The molecule has 0 aromatic heterocycles. The molecule has 3 nitrogen and oxygen atoms in total. The molecule has 0 spiro atoms. The summed E-state index contributed by atoms with van der Waals surface area (Å²) in [5, 5.41) is 4.62. The van der Waals surface area contributed by atoms with Gasteiger partial charge in [-0.2, -0.15) is 0 Å². The van der Waals surface area contributed by atoms with Gasteiger partial charge in [0.05, 0.1) is 6.04 Å². The summed E-state index contributed by atoms with van der Waals surface area (Å²) in [7, 11) is 0. The Hall–Kier alpha value is -0.220. The fourth-order valence-electron chi connectivity index (χ4n) is 2.38. The zero-order valence-electron chi connectivity index (χ0n) is 9.28. The molecule has 1 saturated carbocycles. The van der Waals surface area contributed by atoms with Gasteiger partial charge in [-0.25, -0.2) is 0 Å². The Morgan fingerprint density at radius 1 is 1.40 bits per heavy atom. The van der Waals surface area contributed by atoms with Crippen LogP contribution in [0.25, 0.3) is 0 Å². The molecular formula is C11H19N3S. The molecule has 0 bridgehead atoms. The van der Waals surface area contributed by atoms with Crippen LogP contribution in [-0.2, 0) is 0 Å². The van der Waals surface area contributed by atoms with Crippen LogP contribution in [-0.4, -0.2) is 47.0 Å². The fraction of sp³-hybridized carbons (Fsp3) is 0.909. The molecule has 15 heavy (non-hydrogen) atoms. The molecule has 2 aliphatic heterocycles. The number of nitrogens with one attached hydrogen (secondary N) is 1. The molecule has 3 aliphatic rings. The van der Waals surface area contributed by atoms with Crippen LogP contribution in [0.4, 0.5) is 0 Å². The smallest absolute Gasteiger partial charge is 0.157 e. The third-order valence-electron chi connectivity index (χ3n) is 3.40. The van der Waals surface area contributed by atoms with E-state index in [1.54, 1.807) is 0 Å². The molecule has 3 rings (SSSR count). The van der Waals surface area contributed by atoms with Crippen LogP contribution in [0.1, 0.15) is 26.2 Å². The van der Waals surface area contributed by atoms with E-state index >= 15 is 0 Å². The maximum Gasteiger partial charge on any atom is 0.157 e. The van der Waals surface area contributed by atoms with Crippen molar-refractivity contribution in [1.29, 1.82) is 0 Å². The van der Waals surface area contributed by atoms with Crippen LogP contribution in [0.5, 0.6) is 0 Å². The van der Waals surface area contributed by atoms with Gasteiger partial charge < -0.3 is 5.32 Å². The third kappa shape index (κ3) is 2.31. The van der Waals surface area contributed by atoms with E-state index < -0.39 is 0 Å². The minimum absolute atomic E-state index is 0.561. The monoisotopic (exact) mass is 225 g/mol. The molecule has 0 aromatic rings. The number of amidine groups is 1. The minimum atomic E-state index is 0.561. The van der Waals surface area contributed by atoms with Crippen LogP contribution in [0, 0.1) is 0 Å². The van der Waals surface area contributed by atoms with E-state index in [1.165, 1.54) is 43.3 Å². The van der Waals surface area contributed by atoms with Crippen LogP contribution >= 0.6 is 11.8 Å². The molecule has 0 amide bonds. The zero-order valence-corrected chi connectivity index (χ0v) is 10.1. The van der Waals surface area contributed by atoms with Crippen LogP contribution in [0.2, 0.25) is 0 Å². The van der Waals surface area contributed by atoms with Crippen molar-refractivity contribution in [3.8, 4) is 0 Å². The van der Waals surface area contributed by atoms with Crippen molar-refractivity contribution in [3.63, 3.8) is 0 Å². The number of nitrogens with zero attached hydrogens (tertiary/aromatic N) is 2. The summed E-state index contributed by atoms with van der Waals surface area (Å²) in [6.07, 6.45) is 4.11. The molecule has 2 atom stereocenters. The molecular weight excluding hydrogens is 206 g/mol. The van der Waals surface area contributed by atoms with Gasteiger partial charge in [0.1, 0.15) is 0 Å². The van der Waals surface area contributed by atoms with Crippen molar-refractivity contribution in [1.82, 2.24) is 10.2 Å². The van der Waals surface area contributed by atoms with Crippen molar-refractivity contribution in [2.75, 3.05) is 18.8 Å². The van der Waals surface area contributed by atoms with E-state index in [2.05, 4.69) is 17.1 Å². The summed E-state index contributed by atoms with van der Waals surface area (Å²) in [4.78, 5) is 7.44. The van der Waals surface area contributed by atoms with Gasteiger partial charge in [-0.15, -0.1) is 0 Å². The molecule has 2 saturated heterocycles. The fourth-order valence-corrected chi connectivity index (χ4v) is 3.38. The Balaban J connectivity index is 1.55. The number of hydrogen-bond donors (Lipinski definition) is 1. The standard InChI is InChI=1S/C11H19N3S/c1-8-7-15-11(12-8)13-9-4-5-14(6-9)10-2-3-10/h8-10H,2-7H2,1H3,(H,12,13). The lowest BCUT2D eigenvalue weighted by Crippen LogP contribution is -2.26. The van der Waals surface area contributed by atoms with Gasteiger partial charge in [-0.1, -0.05) is 11.8 Å². The average Bonchev–Trinajstić information content (AvgIpc) is 2.84. The quantitative estimate of drug-likeness (QED) is 0.768. The van der Waals surface area contributed by atoms with Crippen LogP contribution in [0.15, 0.2) is 4.99 Å². The molecule has 2 heterocycles. The Labute approximate surface area is 95.7 Å². The topological polar surface area (TPSA) is 27.6 Å². The van der Waals surface area contributed by atoms with E-state index in [4.69, 9.17) is 4.99 Å². The first kappa shape index (κ1) is 9.97. The first-order chi connectivity index (χ1) is 7.31. The van der Waals surface area contributed by atoms with Gasteiger partial charge in [0, 0.05) is 30.9 Å². The van der Waals surface area contributed by atoms with E-state index in [1.807, 2.05) is 11.8 Å². The lowest BCUT2D eigenvalue weighted by atomic mass is 10.3. The molecule has 1 N–H and O–H groups in total. The van der Waals surface area contributed by atoms with E-state index in [-0.39, 0.29) is 0 Å².